The lowest BCUT2D eigenvalue weighted by Gasteiger charge is -2.37. The van der Waals surface area contributed by atoms with E-state index in [4.69, 9.17) is 5.73 Å². The summed E-state index contributed by atoms with van der Waals surface area (Å²) in [6.45, 7) is 0. The van der Waals surface area contributed by atoms with E-state index >= 15 is 0 Å². The fourth-order valence-corrected chi connectivity index (χ4v) is 2.26. The largest absolute Gasteiger partial charge is 0.325 e. The molecule has 1 aliphatic carbocycles. The second-order valence-electron chi connectivity index (χ2n) is 3.95. The third-order valence-corrected chi connectivity index (χ3v) is 3.35. The summed E-state index contributed by atoms with van der Waals surface area (Å²) in [5.74, 6) is 0.0330. The monoisotopic (exact) mass is 210 g/mol. The van der Waals surface area contributed by atoms with Crippen LogP contribution in [0.2, 0.25) is 0 Å². The smallest absolute Gasteiger partial charge is 0.226 e. The van der Waals surface area contributed by atoms with Gasteiger partial charge in [-0.05, 0) is 30.7 Å². The van der Waals surface area contributed by atoms with Crippen molar-refractivity contribution in [3.63, 3.8) is 0 Å². The van der Waals surface area contributed by atoms with Gasteiger partial charge in [-0.3, -0.25) is 4.79 Å². The number of hydrogen-bond acceptors (Lipinski definition) is 3. The molecule has 0 aromatic carbocycles. The number of carbonyl (C=O) groups excluding carboxylic acids is 1. The Morgan fingerprint density at radius 3 is 2.93 bits per heavy atom. The summed E-state index contributed by atoms with van der Waals surface area (Å²) in [4.78, 5) is 11.5. The van der Waals surface area contributed by atoms with Gasteiger partial charge in [0.25, 0.3) is 0 Å². The molecule has 0 bridgehead atoms. The Hall–Kier alpha value is -0.870. The second kappa shape index (κ2) is 3.71. The van der Waals surface area contributed by atoms with Crippen molar-refractivity contribution >= 4 is 22.9 Å². The number of rotatable bonds is 3. The zero-order valence-corrected chi connectivity index (χ0v) is 8.77. The summed E-state index contributed by atoms with van der Waals surface area (Å²) < 4.78 is 0. The maximum Gasteiger partial charge on any atom is 0.226 e. The average molecular weight is 210 g/mol. The Bertz CT molecular complexity index is 317. The predicted octanol–water partition coefficient (Wildman–Crippen LogP) is 1.96. The van der Waals surface area contributed by atoms with Crippen LogP contribution in [0.25, 0.3) is 0 Å². The van der Waals surface area contributed by atoms with Crippen LogP contribution in [0, 0.1) is 0 Å². The van der Waals surface area contributed by atoms with Gasteiger partial charge in [0.05, 0.1) is 5.69 Å². The van der Waals surface area contributed by atoms with Crippen LogP contribution in [0.1, 0.15) is 25.7 Å². The number of anilines is 1. The summed E-state index contributed by atoms with van der Waals surface area (Å²) >= 11 is 1.57. The third kappa shape index (κ3) is 2.13. The van der Waals surface area contributed by atoms with Gasteiger partial charge >= 0.3 is 0 Å². The number of nitrogens with two attached hydrogens (primary N) is 1. The van der Waals surface area contributed by atoms with Crippen molar-refractivity contribution in [3.8, 4) is 0 Å². The molecule has 3 N–H and O–H groups in total. The van der Waals surface area contributed by atoms with E-state index in [1.807, 2.05) is 16.8 Å². The summed E-state index contributed by atoms with van der Waals surface area (Å²) in [7, 11) is 0. The summed E-state index contributed by atoms with van der Waals surface area (Å²) in [6, 6.07) is 1.90. The molecule has 1 amide bonds. The molecule has 3 nitrogen and oxygen atoms in total. The van der Waals surface area contributed by atoms with Crippen LogP contribution < -0.4 is 11.1 Å². The number of carbonyl (C=O) groups is 1. The van der Waals surface area contributed by atoms with E-state index < -0.39 is 0 Å². The molecule has 1 aromatic rings. The minimum atomic E-state index is -0.222. The van der Waals surface area contributed by atoms with Gasteiger partial charge in [0.15, 0.2) is 0 Å². The first-order valence-corrected chi connectivity index (χ1v) is 5.73. The molecule has 0 unspecified atom stereocenters. The Labute approximate surface area is 87.3 Å². The maximum atomic E-state index is 11.5. The normalized spacial score (nSPS) is 18.6. The number of thiophene rings is 1. The van der Waals surface area contributed by atoms with Gasteiger partial charge in [0, 0.05) is 17.3 Å². The molecular formula is C10H14N2OS. The molecule has 4 heteroatoms. The number of nitrogens with one attached hydrogen (secondary N) is 1. The van der Waals surface area contributed by atoms with Crippen molar-refractivity contribution in [3.05, 3.63) is 16.8 Å². The van der Waals surface area contributed by atoms with Crippen LogP contribution in [-0.4, -0.2) is 11.4 Å². The molecular weight excluding hydrogens is 196 g/mol. The van der Waals surface area contributed by atoms with Gasteiger partial charge in [-0.25, -0.2) is 0 Å². The molecule has 76 valence electrons. The molecule has 14 heavy (non-hydrogen) atoms. The van der Waals surface area contributed by atoms with E-state index in [9.17, 15) is 4.79 Å². The van der Waals surface area contributed by atoms with E-state index in [0.29, 0.717) is 6.42 Å². The van der Waals surface area contributed by atoms with E-state index in [1.165, 1.54) is 0 Å². The van der Waals surface area contributed by atoms with Crippen LogP contribution in [0.4, 0.5) is 5.69 Å². The van der Waals surface area contributed by atoms with Gasteiger partial charge in [0.2, 0.25) is 5.91 Å². The van der Waals surface area contributed by atoms with E-state index in [-0.39, 0.29) is 11.4 Å². The molecule has 1 saturated carbocycles. The van der Waals surface area contributed by atoms with Gasteiger partial charge in [-0.1, -0.05) is 0 Å². The predicted molar refractivity (Wildman–Crippen MR) is 58.3 cm³/mol. The Balaban J connectivity index is 1.84. The van der Waals surface area contributed by atoms with Gasteiger partial charge in [-0.15, -0.1) is 0 Å². The highest BCUT2D eigenvalue weighted by molar-refractivity contribution is 7.08. The summed E-state index contributed by atoms with van der Waals surface area (Å²) in [6.07, 6.45) is 3.55. The van der Waals surface area contributed by atoms with E-state index in [0.717, 1.165) is 24.9 Å². The molecule has 0 saturated heterocycles. The van der Waals surface area contributed by atoms with E-state index in [1.54, 1.807) is 11.3 Å². The van der Waals surface area contributed by atoms with Crippen molar-refractivity contribution in [2.75, 3.05) is 5.32 Å². The van der Waals surface area contributed by atoms with Gasteiger partial charge in [-0.2, -0.15) is 11.3 Å². The SMILES string of the molecule is NC1(CC(=O)Nc2ccsc2)CCC1. The highest BCUT2D eigenvalue weighted by atomic mass is 32.1. The topological polar surface area (TPSA) is 55.1 Å². The first-order chi connectivity index (χ1) is 6.68. The van der Waals surface area contributed by atoms with E-state index in [2.05, 4.69) is 5.32 Å². The molecule has 0 atom stereocenters. The number of amides is 1. The van der Waals surface area contributed by atoms with Crippen molar-refractivity contribution < 1.29 is 4.79 Å². The lowest BCUT2D eigenvalue weighted by atomic mass is 9.75. The highest BCUT2D eigenvalue weighted by Gasteiger charge is 2.34. The second-order valence-corrected chi connectivity index (χ2v) is 4.73. The van der Waals surface area contributed by atoms with Gasteiger partial charge < -0.3 is 11.1 Å². The van der Waals surface area contributed by atoms with Crippen molar-refractivity contribution in [2.45, 2.75) is 31.2 Å². The minimum absolute atomic E-state index is 0.0330. The quantitative estimate of drug-likeness (QED) is 0.801. The first kappa shape index (κ1) is 9.68. The lowest BCUT2D eigenvalue weighted by Crippen LogP contribution is -2.48. The van der Waals surface area contributed by atoms with Crippen molar-refractivity contribution in [1.29, 1.82) is 0 Å². The van der Waals surface area contributed by atoms with Crippen molar-refractivity contribution in [1.82, 2.24) is 0 Å². The zero-order valence-electron chi connectivity index (χ0n) is 7.95. The van der Waals surface area contributed by atoms with Crippen LogP contribution in [0.15, 0.2) is 16.8 Å². The molecule has 0 radical (unpaired) electrons. The fourth-order valence-electron chi connectivity index (χ4n) is 1.67. The molecule has 1 aromatic heterocycles. The maximum absolute atomic E-state index is 11.5. The van der Waals surface area contributed by atoms with Crippen LogP contribution in [0.3, 0.4) is 0 Å². The fraction of sp³-hybridized carbons (Fsp3) is 0.500. The Kier molecular flexibility index (Phi) is 2.56. The number of hydrogen-bond donors (Lipinski definition) is 2. The third-order valence-electron chi connectivity index (χ3n) is 2.67. The standard InChI is InChI=1S/C10H14N2OS/c11-10(3-1-4-10)6-9(13)12-8-2-5-14-7-8/h2,5,7H,1,3-4,6,11H2,(H,12,13). The Morgan fingerprint density at radius 2 is 2.43 bits per heavy atom. The molecule has 0 spiro atoms. The minimum Gasteiger partial charge on any atom is -0.325 e. The van der Waals surface area contributed by atoms with Crippen LogP contribution >= 0.6 is 11.3 Å². The lowest BCUT2D eigenvalue weighted by molar-refractivity contribution is -0.118. The van der Waals surface area contributed by atoms with Crippen LogP contribution in [0.5, 0.6) is 0 Å². The first-order valence-electron chi connectivity index (χ1n) is 4.79. The van der Waals surface area contributed by atoms with Crippen molar-refractivity contribution in [2.24, 2.45) is 5.73 Å². The molecule has 2 rings (SSSR count). The highest BCUT2D eigenvalue weighted by Crippen LogP contribution is 2.32. The Morgan fingerprint density at radius 1 is 1.64 bits per heavy atom. The molecule has 1 aliphatic rings. The van der Waals surface area contributed by atoms with Crippen LogP contribution in [-0.2, 0) is 4.79 Å². The summed E-state index contributed by atoms with van der Waals surface area (Å²) in [5.41, 5.74) is 6.63. The zero-order chi connectivity index (χ0) is 10.0. The molecule has 1 heterocycles. The molecule has 0 aliphatic heterocycles. The van der Waals surface area contributed by atoms with Gasteiger partial charge in [0.1, 0.15) is 0 Å². The molecule has 1 fully saturated rings. The summed E-state index contributed by atoms with van der Waals surface area (Å²) in [5, 5.41) is 6.70. The average Bonchev–Trinajstić information content (AvgIpc) is 2.53.